The number of hydrogen-bond acceptors (Lipinski definition) is 2. The molecule has 1 aromatic heterocycles. The highest BCUT2D eigenvalue weighted by Gasteiger charge is 2.17. The quantitative estimate of drug-likeness (QED) is 0.840. The van der Waals surface area contributed by atoms with Crippen molar-refractivity contribution in [3.8, 4) is 0 Å². The van der Waals surface area contributed by atoms with Gasteiger partial charge in [0.1, 0.15) is 5.82 Å². The second kappa shape index (κ2) is 4.81. The Kier molecular flexibility index (Phi) is 3.37. The lowest BCUT2D eigenvalue weighted by Crippen LogP contribution is -2.13. The molecule has 0 unspecified atom stereocenters. The second-order valence-electron chi connectivity index (χ2n) is 5.64. The highest BCUT2D eigenvalue weighted by molar-refractivity contribution is 5.62. The van der Waals surface area contributed by atoms with Crippen LogP contribution in [-0.4, -0.2) is 4.98 Å². The number of aromatic nitrogens is 1. The zero-order chi connectivity index (χ0) is 13.2. The van der Waals surface area contributed by atoms with Crippen LogP contribution in [0.4, 0.5) is 11.5 Å². The summed E-state index contributed by atoms with van der Waals surface area (Å²) in [4.78, 5) is 4.35. The molecule has 1 heterocycles. The van der Waals surface area contributed by atoms with E-state index in [4.69, 9.17) is 0 Å². The van der Waals surface area contributed by atoms with E-state index in [1.165, 1.54) is 11.1 Å². The third-order valence-electron chi connectivity index (χ3n) is 2.91. The summed E-state index contributed by atoms with van der Waals surface area (Å²) in [6.45, 7) is 8.73. The molecule has 1 N–H and O–H groups in total. The number of para-hydroxylation sites is 1. The van der Waals surface area contributed by atoms with E-state index in [1.807, 2.05) is 18.3 Å². The Morgan fingerprint density at radius 3 is 2.44 bits per heavy atom. The van der Waals surface area contributed by atoms with E-state index in [1.54, 1.807) is 0 Å². The van der Waals surface area contributed by atoms with Crippen molar-refractivity contribution in [2.75, 3.05) is 5.32 Å². The molecule has 2 rings (SSSR count). The average Bonchev–Trinajstić information content (AvgIpc) is 2.28. The van der Waals surface area contributed by atoms with Crippen LogP contribution < -0.4 is 5.32 Å². The molecule has 0 saturated carbocycles. The molecule has 2 aromatic rings. The van der Waals surface area contributed by atoms with E-state index < -0.39 is 0 Å². The van der Waals surface area contributed by atoms with Gasteiger partial charge in [0.05, 0.1) is 0 Å². The van der Waals surface area contributed by atoms with Crippen molar-refractivity contribution in [2.45, 2.75) is 33.1 Å². The molecule has 2 nitrogen and oxygen atoms in total. The van der Waals surface area contributed by atoms with Gasteiger partial charge in [-0.2, -0.15) is 0 Å². The van der Waals surface area contributed by atoms with Crippen molar-refractivity contribution in [1.29, 1.82) is 0 Å². The van der Waals surface area contributed by atoms with Crippen molar-refractivity contribution in [2.24, 2.45) is 0 Å². The zero-order valence-corrected chi connectivity index (χ0v) is 11.5. The minimum atomic E-state index is 0.118. The third kappa shape index (κ3) is 2.89. The minimum absolute atomic E-state index is 0.118. The van der Waals surface area contributed by atoms with Crippen LogP contribution in [0.5, 0.6) is 0 Å². The van der Waals surface area contributed by atoms with E-state index in [9.17, 15) is 0 Å². The van der Waals surface area contributed by atoms with E-state index in [-0.39, 0.29) is 5.41 Å². The van der Waals surface area contributed by atoms with Crippen LogP contribution in [-0.2, 0) is 5.41 Å². The summed E-state index contributed by atoms with van der Waals surface area (Å²) in [6, 6.07) is 12.5. The maximum absolute atomic E-state index is 4.35. The highest BCUT2D eigenvalue weighted by Crippen LogP contribution is 2.30. The van der Waals surface area contributed by atoms with Gasteiger partial charge in [-0.25, -0.2) is 4.98 Å². The molecule has 0 bridgehead atoms. The second-order valence-corrected chi connectivity index (χ2v) is 5.64. The van der Waals surface area contributed by atoms with Crippen LogP contribution in [0.3, 0.4) is 0 Å². The van der Waals surface area contributed by atoms with Crippen LogP contribution in [0.25, 0.3) is 0 Å². The molecule has 18 heavy (non-hydrogen) atoms. The van der Waals surface area contributed by atoms with Crippen molar-refractivity contribution in [3.63, 3.8) is 0 Å². The molecular formula is C16H20N2. The number of anilines is 2. The monoisotopic (exact) mass is 240 g/mol. The topological polar surface area (TPSA) is 24.9 Å². The molecule has 0 radical (unpaired) electrons. The Hall–Kier alpha value is -1.83. The third-order valence-corrected chi connectivity index (χ3v) is 2.91. The normalized spacial score (nSPS) is 11.3. The zero-order valence-electron chi connectivity index (χ0n) is 11.5. The molecule has 1 aromatic carbocycles. The molecule has 0 atom stereocenters. The van der Waals surface area contributed by atoms with Gasteiger partial charge in [-0.15, -0.1) is 0 Å². The van der Waals surface area contributed by atoms with Crippen LogP contribution in [0.15, 0.2) is 42.6 Å². The molecule has 0 saturated heterocycles. The van der Waals surface area contributed by atoms with E-state index in [0.29, 0.717) is 0 Å². The standard InChI is InChI=1S/C16H20N2/c1-12-9-10-17-15(11-12)18-14-8-6-5-7-13(14)16(2,3)4/h5-11H,1-4H3,(H,17,18). The number of hydrogen-bond donors (Lipinski definition) is 1. The maximum atomic E-state index is 4.35. The lowest BCUT2D eigenvalue weighted by molar-refractivity contribution is 0.592. The fourth-order valence-electron chi connectivity index (χ4n) is 1.99. The number of nitrogens with zero attached hydrogens (tertiary/aromatic N) is 1. The molecule has 0 aliphatic carbocycles. The molecule has 0 spiro atoms. The van der Waals surface area contributed by atoms with Crippen molar-refractivity contribution in [3.05, 3.63) is 53.7 Å². The SMILES string of the molecule is Cc1ccnc(Nc2ccccc2C(C)(C)C)c1. The van der Waals surface area contributed by atoms with Gasteiger partial charge in [-0.05, 0) is 41.7 Å². The Labute approximate surface area is 109 Å². The highest BCUT2D eigenvalue weighted by atomic mass is 15.0. The molecule has 0 aliphatic rings. The largest absolute Gasteiger partial charge is 0.340 e. The number of pyridine rings is 1. The average molecular weight is 240 g/mol. The first-order valence-electron chi connectivity index (χ1n) is 6.26. The van der Waals surface area contributed by atoms with Gasteiger partial charge in [0.2, 0.25) is 0 Å². The number of nitrogens with one attached hydrogen (secondary N) is 1. The molecule has 0 fully saturated rings. The van der Waals surface area contributed by atoms with Gasteiger partial charge in [-0.1, -0.05) is 39.0 Å². The summed E-state index contributed by atoms with van der Waals surface area (Å²) >= 11 is 0. The summed E-state index contributed by atoms with van der Waals surface area (Å²) in [6.07, 6.45) is 1.83. The maximum Gasteiger partial charge on any atom is 0.130 e. The Morgan fingerprint density at radius 2 is 1.78 bits per heavy atom. The van der Waals surface area contributed by atoms with Gasteiger partial charge >= 0.3 is 0 Å². The van der Waals surface area contributed by atoms with Gasteiger partial charge in [0, 0.05) is 11.9 Å². The fourth-order valence-corrected chi connectivity index (χ4v) is 1.99. The van der Waals surface area contributed by atoms with E-state index in [2.05, 4.69) is 62.3 Å². The summed E-state index contributed by atoms with van der Waals surface area (Å²) < 4.78 is 0. The Balaban J connectivity index is 2.35. The summed E-state index contributed by atoms with van der Waals surface area (Å²) in [5.41, 5.74) is 3.75. The van der Waals surface area contributed by atoms with Gasteiger partial charge < -0.3 is 5.32 Å². The first-order chi connectivity index (χ1) is 8.47. The van der Waals surface area contributed by atoms with Crippen molar-refractivity contribution >= 4 is 11.5 Å². The van der Waals surface area contributed by atoms with Crippen LogP contribution in [0, 0.1) is 6.92 Å². The van der Waals surface area contributed by atoms with Gasteiger partial charge in [-0.3, -0.25) is 0 Å². The summed E-state index contributed by atoms with van der Waals surface area (Å²) in [5.74, 6) is 0.895. The summed E-state index contributed by atoms with van der Waals surface area (Å²) in [7, 11) is 0. The predicted octanol–water partition coefficient (Wildman–Crippen LogP) is 4.43. The van der Waals surface area contributed by atoms with Crippen molar-refractivity contribution in [1.82, 2.24) is 4.98 Å². The predicted molar refractivity (Wildman–Crippen MR) is 77.4 cm³/mol. The molecule has 0 aliphatic heterocycles. The minimum Gasteiger partial charge on any atom is -0.340 e. The first-order valence-corrected chi connectivity index (χ1v) is 6.26. The van der Waals surface area contributed by atoms with E-state index in [0.717, 1.165) is 11.5 Å². The lowest BCUT2D eigenvalue weighted by atomic mass is 9.86. The van der Waals surface area contributed by atoms with Crippen LogP contribution in [0.1, 0.15) is 31.9 Å². The lowest BCUT2D eigenvalue weighted by Gasteiger charge is -2.23. The molecule has 2 heteroatoms. The van der Waals surface area contributed by atoms with E-state index >= 15 is 0 Å². The van der Waals surface area contributed by atoms with Crippen LogP contribution in [0.2, 0.25) is 0 Å². The molecular weight excluding hydrogens is 220 g/mol. The first kappa shape index (κ1) is 12.6. The van der Waals surface area contributed by atoms with Crippen molar-refractivity contribution < 1.29 is 0 Å². The fraction of sp³-hybridized carbons (Fsp3) is 0.312. The smallest absolute Gasteiger partial charge is 0.130 e. The van der Waals surface area contributed by atoms with Gasteiger partial charge in [0.25, 0.3) is 0 Å². The Bertz CT molecular complexity index is 539. The Morgan fingerprint density at radius 1 is 1.06 bits per heavy atom. The molecule has 0 amide bonds. The number of benzene rings is 1. The molecule has 94 valence electrons. The number of rotatable bonds is 2. The van der Waals surface area contributed by atoms with Crippen LogP contribution >= 0.6 is 0 Å². The van der Waals surface area contributed by atoms with Gasteiger partial charge in [0.15, 0.2) is 0 Å². The number of aryl methyl sites for hydroxylation is 1. The summed E-state index contributed by atoms with van der Waals surface area (Å²) in [5, 5.41) is 3.41.